The molecule has 2 aromatic heterocycles. The van der Waals surface area contributed by atoms with Crippen LogP contribution in [0.5, 0.6) is 5.75 Å². The van der Waals surface area contributed by atoms with E-state index < -0.39 is 0 Å². The van der Waals surface area contributed by atoms with E-state index in [2.05, 4.69) is 51.5 Å². The Balaban J connectivity index is 1.70. The van der Waals surface area contributed by atoms with E-state index in [1.807, 2.05) is 24.3 Å². The Bertz CT molecular complexity index is 1010. The van der Waals surface area contributed by atoms with Crippen molar-refractivity contribution in [3.8, 4) is 17.0 Å². The monoisotopic (exact) mass is 344 g/mol. The molecule has 0 fully saturated rings. The molecule has 26 heavy (non-hydrogen) atoms. The maximum absolute atomic E-state index is 9.48. The van der Waals surface area contributed by atoms with E-state index in [0.29, 0.717) is 0 Å². The highest BCUT2D eigenvalue weighted by Crippen LogP contribution is 2.30. The third kappa shape index (κ3) is 3.11. The maximum atomic E-state index is 9.48. The van der Waals surface area contributed by atoms with Crippen molar-refractivity contribution in [2.45, 2.75) is 19.4 Å². The lowest BCUT2D eigenvalue weighted by atomic mass is 10.0. The minimum absolute atomic E-state index is 0.182. The van der Waals surface area contributed by atoms with Gasteiger partial charge in [0.1, 0.15) is 23.5 Å². The minimum Gasteiger partial charge on any atom is -0.508 e. The van der Waals surface area contributed by atoms with Gasteiger partial charge in [-0.15, -0.1) is 0 Å². The lowest BCUT2D eigenvalue weighted by molar-refractivity contribution is 0.475. The van der Waals surface area contributed by atoms with E-state index in [-0.39, 0.29) is 11.8 Å². The van der Waals surface area contributed by atoms with Gasteiger partial charge in [-0.05, 0) is 47.9 Å². The van der Waals surface area contributed by atoms with E-state index in [4.69, 9.17) is 0 Å². The zero-order chi connectivity index (χ0) is 17.9. The molecule has 0 bridgehead atoms. The summed E-state index contributed by atoms with van der Waals surface area (Å²) in [5.41, 5.74) is 3.95. The van der Waals surface area contributed by atoms with Crippen LogP contribution in [0.2, 0.25) is 0 Å². The van der Waals surface area contributed by atoms with Gasteiger partial charge < -0.3 is 15.4 Å². The van der Waals surface area contributed by atoms with Crippen molar-refractivity contribution in [2.75, 3.05) is 5.32 Å². The minimum atomic E-state index is 0.182. The number of benzene rings is 2. The van der Waals surface area contributed by atoms with Crippen LogP contribution in [0, 0.1) is 0 Å². The SMILES string of the molecule is CC[C@@H](Nc1ncnc2[nH]c(-c3ccc(O)cc3)cc12)c1ccccc1. The summed E-state index contributed by atoms with van der Waals surface area (Å²) in [5, 5.41) is 14.0. The molecule has 0 radical (unpaired) electrons. The van der Waals surface area contributed by atoms with Crippen LogP contribution in [0.15, 0.2) is 67.0 Å². The molecule has 2 heterocycles. The Morgan fingerprint density at radius 2 is 1.81 bits per heavy atom. The number of fused-ring (bicyclic) bond motifs is 1. The number of rotatable bonds is 5. The molecule has 0 saturated heterocycles. The van der Waals surface area contributed by atoms with E-state index in [1.165, 1.54) is 5.56 Å². The summed E-state index contributed by atoms with van der Waals surface area (Å²) in [7, 11) is 0. The summed E-state index contributed by atoms with van der Waals surface area (Å²) in [6.45, 7) is 2.15. The normalized spacial score (nSPS) is 12.2. The van der Waals surface area contributed by atoms with Gasteiger partial charge >= 0.3 is 0 Å². The predicted octanol–water partition coefficient (Wildman–Crippen LogP) is 4.89. The number of phenols is 1. The smallest absolute Gasteiger partial charge is 0.143 e. The molecule has 4 rings (SSSR count). The van der Waals surface area contributed by atoms with Gasteiger partial charge in [0.05, 0.1) is 11.4 Å². The summed E-state index contributed by atoms with van der Waals surface area (Å²) in [6, 6.07) is 19.7. The van der Waals surface area contributed by atoms with Crippen LogP contribution in [0.4, 0.5) is 5.82 Å². The number of aromatic nitrogens is 3. The highest BCUT2D eigenvalue weighted by atomic mass is 16.3. The number of aromatic hydroxyl groups is 1. The largest absolute Gasteiger partial charge is 0.508 e. The first kappa shape index (κ1) is 16.1. The Kier molecular flexibility index (Phi) is 4.27. The molecule has 3 N–H and O–H groups in total. The first-order valence-electron chi connectivity index (χ1n) is 8.69. The summed E-state index contributed by atoms with van der Waals surface area (Å²) in [4.78, 5) is 12.1. The standard InChI is InChI=1S/C21H20N4O/c1-2-18(14-6-4-3-5-7-14)24-20-17-12-19(25-21(17)23-13-22-20)15-8-10-16(26)11-9-15/h3-13,18,26H,2H2,1H3,(H2,22,23,24,25)/t18-/m1/s1. The second-order valence-electron chi connectivity index (χ2n) is 6.23. The van der Waals surface area contributed by atoms with E-state index in [0.717, 1.165) is 34.5 Å². The molecule has 130 valence electrons. The van der Waals surface area contributed by atoms with Crippen molar-refractivity contribution in [1.29, 1.82) is 0 Å². The average molecular weight is 344 g/mol. The van der Waals surface area contributed by atoms with Crippen LogP contribution < -0.4 is 5.32 Å². The highest BCUT2D eigenvalue weighted by molar-refractivity contribution is 5.91. The molecule has 0 aliphatic rings. The number of anilines is 1. The lowest BCUT2D eigenvalue weighted by Crippen LogP contribution is -2.11. The predicted molar refractivity (Wildman–Crippen MR) is 104 cm³/mol. The fourth-order valence-electron chi connectivity index (χ4n) is 3.12. The summed E-state index contributed by atoms with van der Waals surface area (Å²) in [5.74, 6) is 1.06. The van der Waals surface area contributed by atoms with Crippen molar-refractivity contribution in [2.24, 2.45) is 0 Å². The summed E-state index contributed by atoms with van der Waals surface area (Å²) < 4.78 is 0. The van der Waals surface area contributed by atoms with Crippen molar-refractivity contribution in [3.05, 3.63) is 72.6 Å². The lowest BCUT2D eigenvalue weighted by Gasteiger charge is -2.18. The van der Waals surface area contributed by atoms with Crippen molar-refractivity contribution in [3.63, 3.8) is 0 Å². The summed E-state index contributed by atoms with van der Waals surface area (Å²) >= 11 is 0. The highest BCUT2D eigenvalue weighted by Gasteiger charge is 2.14. The van der Waals surface area contributed by atoms with Gasteiger partial charge in [0.15, 0.2) is 0 Å². The van der Waals surface area contributed by atoms with Gasteiger partial charge in [-0.3, -0.25) is 0 Å². The van der Waals surface area contributed by atoms with E-state index in [9.17, 15) is 5.11 Å². The van der Waals surface area contributed by atoms with Crippen LogP contribution in [0.1, 0.15) is 24.9 Å². The Morgan fingerprint density at radius 1 is 1.04 bits per heavy atom. The fraction of sp³-hybridized carbons (Fsp3) is 0.143. The van der Waals surface area contributed by atoms with Crippen molar-refractivity contribution in [1.82, 2.24) is 15.0 Å². The number of nitrogens with zero attached hydrogens (tertiary/aromatic N) is 2. The maximum Gasteiger partial charge on any atom is 0.143 e. The zero-order valence-electron chi connectivity index (χ0n) is 14.5. The average Bonchev–Trinajstić information content (AvgIpc) is 3.12. The van der Waals surface area contributed by atoms with Crippen LogP contribution in [0.3, 0.4) is 0 Å². The summed E-state index contributed by atoms with van der Waals surface area (Å²) in [6.07, 6.45) is 2.52. The second kappa shape index (κ2) is 6.88. The quantitative estimate of drug-likeness (QED) is 0.482. The Labute approximate surface area is 151 Å². The molecule has 0 saturated carbocycles. The first-order chi connectivity index (χ1) is 12.7. The molecule has 5 nitrogen and oxygen atoms in total. The van der Waals surface area contributed by atoms with Gasteiger partial charge in [0.2, 0.25) is 0 Å². The number of hydrogen-bond donors (Lipinski definition) is 3. The molecule has 0 unspecified atom stereocenters. The molecule has 0 spiro atoms. The van der Waals surface area contributed by atoms with Gasteiger partial charge in [0, 0.05) is 5.69 Å². The van der Waals surface area contributed by atoms with Crippen LogP contribution in [0.25, 0.3) is 22.3 Å². The van der Waals surface area contributed by atoms with Crippen LogP contribution in [-0.4, -0.2) is 20.1 Å². The van der Waals surface area contributed by atoms with Gasteiger partial charge in [0.25, 0.3) is 0 Å². The van der Waals surface area contributed by atoms with Crippen molar-refractivity contribution >= 4 is 16.9 Å². The molecule has 0 aliphatic carbocycles. The van der Waals surface area contributed by atoms with Gasteiger partial charge in [-0.25, -0.2) is 9.97 Å². The second-order valence-corrected chi connectivity index (χ2v) is 6.23. The van der Waals surface area contributed by atoms with Gasteiger partial charge in [-0.2, -0.15) is 0 Å². The third-order valence-corrected chi connectivity index (χ3v) is 4.53. The molecule has 2 aromatic carbocycles. The molecular formula is C21H20N4O. The number of aromatic amines is 1. The van der Waals surface area contributed by atoms with E-state index in [1.54, 1.807) is 18.5 Å². The first-order valence-corrected chi connectivity index (χ1v) is 8.69. The molecule has 0 aliphatic heterocycles. The molecule has 5 heteroatoms. The number of hydrogen-bond acceptors (Lipinski definition) is 4. The molecule has 4 aromatic rings. The van der Waals surface area contributed by atoms with E-state index >= 15 is 0 Å². The number of nitrogens with one attached hydrogen (secondary N) is 2. The molecular weight excluding hydrogens is 324 g/mol. The zero-order valence-corrected chi connectivity index (χ0v) is 14.5. The third-order valence-electron chi connectivity index (χ3n) is 4.53. The van der Waals surface area contributed by atoms with Crippen molar-refractivity contribution < 1.29 is 5.11 Å². The molecule has 1 atom stereocenters. The topological polar surface area (TPSA) is 73.8 Å². The Hall–Kier alpha value is -3.34. The molecule has 0 amide bonds. The van der Waals surface area contributed by atoms with Crippen LogP contribution >= 0.6 is 0 Å². The van der Waals surface area contributed by atoms with Gasteiger partial charge in [-0.1, -0.05) is 37.3 Å². The number of H-pyrrole nitrogens is 1. The van der Waals surface area contributed by atoms with Crippen LogP contribution in [-0.2, 0) is 0 Å². The fourth-order valence-corrected chi connectivity index (χ4v) is 3.12. The Morgan fingerprint density at radius 3 is 2.54 bits per heavy atom. The number of phenolic OH excluding ortho intramolecular Hbond substituents is 1.